The summed E-state index contributed by atoms with van der Waals surface area (Å²) in [7, 11) is 0. The van der Waals surface area contributed by atoms with E-state index in [1.165, 1.54) is 0 Å². The maximum atomic E-state index is 12.4. The Labute approximate surface area is 232 Å². The second-order valence-corrected chi connectivity index (χ2v) is 11.1. The van der Waals surface area contributed by atoms with Gasteiger partial charge in [0.25, 0.3) is 0 Å². The van der Waals surface area contributed by atoms with Crippen molar-refractivity contribution < 1.29 is 9.59 Å². The first-order valence-electron chi connectivity index (χ1n) is 12.3. The third kappa shape index (κ3) is 7.65. The molecule has 0 bridgehead atoms. The van der Waals surface area contributed by atoms with Gasteiger partial charge in [-0.1, -0.05) is 58.9 Å². The van der Waals surface area contributed by atoms with Crippen LogP contribution >= 0.6 is 46.4 Å². The van der Waals surface area contributed by atoms with Crippen molar-refractivity contribution in [3.05, 3.63) is 62.1 Å². The Morgan fingerprint density at radius 2 is 1.78 bits per heavy atom. The highest BCUT2D eigenvalue weighted by Gasteiger charge is 2.43. The molecule has 2 aliphatic rings. The van der Waals surface area contributed by atoms with Crippen molar-refractivity contribution >= 4 is 64.0 Å². The molecule has 0 aromatic heterocycles. The summed E-state index contributed by atoms with van der Waals surface area (Å²) in [5.74, 6) is 0.392. The average molecular weight is 572 g/mol. The van der Waals surface area contributed by atoms with E-state index in [2.05, 4.69) is 20.9 Å². The van der Waals surface area contributed by atoms with E-state index in [0.29, 0.717) is 32.3 Å². The Bertz CT molecular complexity index is 1100. The number of likely N-dealkylation sites (tertiary alicyclic amines) is 1. The van der Waals surface area contributed by atoms with Gasteiger partial charge in [-0.25, -0.2) is 4.79 Å². The molecule has 10 heteroatoms. The highest BCUT2D eigenvalue weighted by atomic mass is 35.5. The number of carbonyl (C=O) groups is 2. The molecule has 1 heterocycles. The molecule has 2 fully saturated rings. The minimum Gasteiger partial charge on any atom is -0.356 e. The van der Waals surface area contributed by atoms with Crippen LogP contribution in [0.15, 0.2) is 36.4 Å². The highest BCUT2D eigenvalue weighted by molar-refractivity contribution is 6.42. The molecule has 1 saturated carbocycles. The summed E-state index contributed by atoms with van der Waals surface area (Å²) in [6, 6.07) is 10.4. The molecule has 1 saturated heterocycles. The average Bonchev–Trinajstić information content (AvgIpc) is 3.52. The lowest BCUT2D eigenvalue weighted by molar-refractivity contribution is -0.122. The number of rotatable bonds is 10. The fourth-order valence-electron chi connectivity index (χ4n) is 4.66. The Hall–Kier alpha value is -1.70. The Balaban J connectivity index is 1.05. The van der Waals surface area contributed by atoms with Crippen LogP contribution in [0.4, 0.5) is 10.5 Å². The van der Waals surface area contributed by atoms with E-state index in [9.17, 15) is 9.59 Å². The first-order chi connectivity index (χ1) is 17.3. The lowest BCUT2D eigenvalue weighted by Gasteiger charge is -2.17. The molecule has 3 atom stereocenters. The van der Waals surface area contributed by atoms with Crippen molar-refractivity contribution in [1.82, 2.24) is 15.5 Å². The van der Waals surface area contributed by atoms with Crippen molar-refractivity contribution in [1.29, 1.82) is 0 Å². The second kappa shape index (κ2) is 12.7. The van der Waals surface area contributed by atoms with Gasteiger partial charge in [0.1, 0.15) is 0 Å². The fourth-order valence-corrected chi connectivity index (χ4v) is 5.43. The number of urea groups is 1. The van der Waals surface area contributed by atoms with E-state index in [4.69, 9.17) is 46.4 Å². The zero-order chi connectivity index (χ0) is 25.7. The topological polar surface area (TPSA) is 73.5 Å². The van der Waals surface area contributed by atoms with Crippen LogP contribution in [0.3, 0.4) is 0 Å². The molecule has 0 spiro atoms. The Morgan fingerprint density at radius 1 is 0.944 bits per heavy atom. The number of hydrogen-bond donors (Lipinski definition) is 3. The van der Waals surface area contributed by atoms with Gasteiger partial charge in [0, 0.05) is 36.6 Å². The summed E-state index contributed by atoms with van der Waals surface area (Å²) in [6.45, 7) is 3.47. The van der Waals surface area contributed by atoms with Gasteiger partial charge in [0.15, 0.2) is 0 Å². The number of nitrogens with zero attached hydrogens (tertiary/aromatic N) is 1. The lowest BCUT2D eigenvalue weighted by Crippen LogP contribution is -2.39. The predicted octanol–water partition coefficient (Wildman–Crippen LogP) is 6.59. The molecule has 36 heavy (non-hydrogen) atoms. The molecule has 2 aromatic rings. The Morgan fingerprint density at radius 3 is 2.56 bits per heavy atom. The zero-order valence-corrected chi connectivity index (χ0v) is 22.9. The van der Waals surface area contributed by atoms with Crippen LogP contribution in [0.2, 0.25) is 20.1 Å². The second-order valence-electron chi connectivity index (χ2n) is 9.48. The number of hydrogen-bond acceptors (Lipinski definition) is 3. The molecule has 1 aliphatic heterocycles. The van der Waals surface area contributed by atoms with Crippen molar-refractivity contribution in [2.75, 3.05) is 31.5 Å². The molecule has 0 unspecified atom stereocenters. The molecule has 4 rings (SSSR count). The molecular weight excluding hydrogens is 542 g/mol. The van der Waals surface area contributed by atoms with Crippen molar-refractivity contribution in [2.45, 2.75) is 44.1 Å². The van der Waals surface area contributed by atoms with Crippen molar-refractivity contribution in [2.24, 2.45) is 5.92 Å². The van der Waals surface area contributed by atoms with Crippen LogP contribution in [0, 0.1) is 5.92 Å². The predicted molar refractivity (Wildman–Crippen MR) is 148 cm³/mol. The van der Waals surface area contributed by atoms with Gasteiger partial charge in [-0.15, -0.1) is 0 Å². The fraction of sp³-hybridized carbons (Fsp3) is 0.462. The van der Waals surface area contributed by atoms with Crippen LogP contribution in [0.1, 0.15) is 43.6 Å². The summed E-state index contributed by atoms with van der Waals surface area (Å²) in [6.07, 6.45) is 4.84. The van der Waals surface area contributed by atoms with Crippen LogP contribution in [0.25, 0.3) is 0 Å². The number of nitrogens with one attached hydrogen (secondary N) is 3. The minimum absolute atomic E-state index is 0.0317. The number of amides is 3. The summed E-state index contributed by atoms with van der Waals surface area (Å²) >= 11 is 24.1. The van der Waals surface area contributed by atoms with Crippen LogP contribution in [0.5, 0.6) is 0 Å². The maximum Gasteiger partial charge on any atom is 0.319 e. The lowest BCUT2D eigenvalue weighted by atomic mass is 10.1. The van der Waals surface area contributed by atoms with Crippen LogP contribution in [-0.4, -0.2) is 49.1 Å². The van der Waals surface area contributed by atoms with E-state index in [0.717, 1.165) is 57.3 Å². The largest absolute Gasteiger partial charge is 0.356 e. The molecule has 1 aliphatic carbocycles. The van der Waals surface area contributed by atoms with Crippen molar-refractivity contribution in [3.63, 3.8) is 0 Å². The van der Waals surface area contributed by atoms with Gasteiger partial charge in [-0.3, -0.25) is 4.79 Å². The monoisotopic (exact) mass is 570 g/mol. The first kappa shape index (κ1) is 27.3. The third-order valence-electron chi connectivity index (χ3n) is 6.74. The molecule has 0 radical (unpaired) electrons. The normalized spacial score (nSPS) is 21.3. The molecule has 6 nitrogen and oxygen atoms in total. The van der Waals surface area contributed by atoms with E-state index in [-0.39, 0.29) is 29.8 Å². The summed E-state index contributed by atoms with van der Waals surface area (Å²) in [5, 5.41) is 10.9. The highest BCUT2D eigenvalue weighted by Crippen LogP contribution is 2.48. The van der Waals surface area contributed by atoms with Gasteiger partial charge in [-0.05, 0) is 74.0 Å². The van der Waals surface area contributed by atoms with Gasteiger partial charge >= 0.3 is 6.03 Å². The molecule has 2 aromatic carbocycles. The quantitative estimate of drug-likeness (QED) is 0.282. The van der Waals surface area contributed by atoms with E-state index in [1.807, 2.05) is 12.1 Å². The molecular formula is C26H30Cl4N4O2. The van der Waals surface area contributed by atoms with E-state index in [1.54, 1.807) is 24.3 Å². The SMILES string of the molecule is O=C(Nc1ccc(Cl)cc1Cl)N[C@H]1CCN(CCCCCNC(=O)[C@@H]2C[C@H]2c2ccc(Cl)c(Cl)c2)C1. The molecule has 3 amide bonds. The van der Waals surface area contributed by atoms with Gasteiger partial charge in [0.05, 0.1) is 20.8 Å². The van der Waals surface area contributed by atoms with Gasteiger partial charge in [0.2, 0.25) is 5.91 Å². The van der Waals surface area contributed by atoms with E-state index >= 15 is 0 Å². The molecule has 3 N–H and O–H groups in total. The number of halogens is 4. The summed E-state index contributed by atoms with van der Waals surface area (Å²) < 4.78 is 0. The third-order valence-corrected chi connectivity index (χ3v) is 8.02. The first-order valence-corrected chi connectivity index (χ1v) is 13.8. The maximum absolute atomic E-state index is 12.4. The number of anilines is 1. The number of carbonyl (C=O) groups excluding carboxylic acids is 2. The summed E-state index contributed by atoms with van der Waals surface area (Å²) in [5.41, 5.74) is 1.61. The Kier molecular flexibility index (Phi) is 9.65. The van der Waals surface area contributed by atoms with Crippen LogP contribution in [-0.2, 0) is 4.79 Å². The van der Waals surface area contributed by atoms with Gasteiger partial charge in [-0.2, -0.15) is 0 Å². The minimum atomic E-state index is -0.265. The summed E-state index contributed by atoms with van der Waals surface area (Å²) in [4.78, 5) is 27.1. The molecule has 194 valence electrons. The smallest absolute Gasteiger partial charge is 0.319 e. The van der Waals surface area contributed by atoms with Crippen molar-refractivity contribution in [3.8, 4) is 0 Å². The van der Waals surface area contributed by atoms with Gasteiger partial charge < -0.3 is 20.9 Å². The van der Waals surface area contributed by atoms with E-state index < -0.39 is 0 Å². The number of unbranched alkanes of at least 4 members (excludes halogenated alkanes) is 2. The zero-order valence-electron chi connectivity index (χ0n) is 19.8. The standard InChI is InChI=1S/C26H30Cl4N4O2/c27-17-5-7-24(23(30)13-17)33-26(36)32-18-8-11-34(15-18)10-3-1-2-9-31-25(35)20-14-19(20)16-4-6-21(28)22(29)12-16/h4-7,12-13,18-20H,1-3,8-11,14-15H2,(H,31,35)(H2,32,33,36)/t18-,19-,20+/m0/s1. The number of benzene rings is 2. The van der Waals surface area contributed by atoms with Crippen LogP contribution < -0.4 is 16.0 Å².